The molecule has 7 nitrogen and oxygen atoms in total. The monoisotopic (exact) mass is 275 g/mol. The molecule has 0 aromatic heterocycles. The third-order valence-electron chi connectivity index (χ3n) is 4.12. The summed E-state index contributed by atoms with van der Waals surface area (Å²) in [5, 5.41) is 21.8. The number of carbonyl (C=O) groups is 1. The molecule has 20 heavy (non-hydrogen) atoms. The summed E-state index contributed by atoms with van der Waals surface area (Å²) < 4.78 is 0. The Hall–Kier alpha value is -2.07. The molecule has 2 atom stereocenters. The van der Waals surface area contributed by atoms with Crippen LogP contribution in [0.1, 0.15) is 12.8 Å². The fourth-order valence-corrected chi connectivity index (χ4v) is 2.82. The summed E-state index contributed by atoms with van der Waals surface area (Å²) in [6.07, 6.45) is 6.01. The van der Waals surface area contributed by atoms with E-state index in [9.17, 15) is 10.1 Å². The van der Waals surface area contributed by atoms with Crippen LogP contribution in [0.15, 0.2) is 17.3 Å². The first-order valence-electron chi connectivity index (χ1n) is 6.77. The summed E-state index contributed by atoms with van der Waals surface area (Å²) in [5.74, 6) is 0. The van der Waals surface area contributed by atoms with E-state index < -0.39 is 11.6 Å². The quantitative estimate of drug-likeness (QED) is 0.752. The fraction of sp³-hybridized carbons (Fsp3) is 0.615. The normalized spacial score (nSPS) is 30.9. The van der Waals surface area contributed by atoms with Gasteiger partial charge in [0.1, 0.15) is 11.7 Å². The van der Waals surface area contributed by atoms with Gasteiger partial charge in [0, 0.05) is 32.0 Å². The third kappa shape index (κ3) is 2.12. The van der Waals surface area contributed by atoms with E-state index in [1.54, 1.807) is 6.21 Å². The molecule has 7 heteroatoms. The number of hydrogen-bond acceptors (Lipinski definition) is 5. The van der Waals surface area contributed by atoms with Gasteiger partial charge in [-0.25, -0.2) is 4.79 Å². The molecule has 3 rings (SSSR count). The summed E-state index contributed by atoms with van der Waals surface area (Å²) >= 11 is 0. The highest BCUT2D eigenvalue weighted by Crippen LogP contribution is 2.43. The van der Waals surface area contributed by atoms with Crippen LogP contribution in [-0.4, -0.2) is 64.6 Å². The number of nitrogens with zero attached hydrogens (tertiary/aromatic N) is 4. The lowest BCUT2D eigenvalue weighted by molar-refractivity contribution is 0.101. The van der Waals surface area contributed by atoms with Crippen LogP contribution >= 0.6 is 0 Å². The molecule has 106 valence electrons. The Morgan fingerprint density at radius 2 is 2.35 bits per heavy atom. The molecular weight excluding hydrogens is 258 g/mol. The minimum atomic E-state index is -0.903. The van der Waals surface area contributed by atoms with Crippen molar-refractivity contribution in [2.24, 2.45) is 4.99 Å². The van der Waals surface area contributed by atoms with E-state index in [1.165, 1.54) is 4.90 Å². The van der Waals surface area contributed by atoms with Gasteiger partial charge in [0.25, 0.3) is 0 Å². The maximum atomic E-state index is 11.1. The molecule has 1 saturated carbocycles. The van der Waals surface area contributed by atoms with E-state index in [-0.39, 0.29) is 12.2 Å². The molecule has 2 heterocycles. The molecule has 0 spiro atoms. The van der Waals surface area contributed by atoms with Gasteiger partial charge < -0.3 is 20.2 Å². The molecular formula is C13H17N5O2. The van der Waals surface area contributed by atoms with E-state index in [0.717, 1.165) is 12.8 Å². The van der Waals surface area contributed by atoms with Crippen molar-refractivity contribution in [1.29, 1.82) is 5.26 Å². The van der Waals surface area contributed by atoms with Crippen LogP contribution in [0.2, 0.25) is 0 Å². The topological polar surface area (TPSA) is 92.0 Å². The first-order chi connectivity index (χ1) is 9.66. The van der Waals surface area contributed by atoms with Crippen molar-refractivity contribution in [1.82, 2.24) is 15.1 Å². The Labute approximate surface area is 117 Å². The van der Waals surface area contributed by atoms with E-state index in [2.05, 4.69) is 16.4 Å². The van der Waals surface area contributed by atoms with Gasteiger partial charge in [-0.3, -0.25) is 4.99 Å². The van der Waals surface area contributed by atoms with Gasteiger partial charge in [-0.1, -0.05) is 0 Å². The standard InChI is InChI=1S/C13H17N5O2/c14-9-13(2-3-13)18-6-1-4-16-11(18)10-8-17(12(19)20)7-5-15-10/h1,4,6,10-11,15H,2-3,5,7-8H2,(H,19,20). The molecule has 1 saturated heterocycles. The lowest BCUT2D eigenvalue weighted by Gasteiger charge is -2.42. The van der Waals surface area contributed by atoms with Crippen LogP contribution in [-0.2, 0) is 0 Å². The van der Waals surface area contributed by atoms with Crippen molar-refractivity contribution in [3.63, 3.8) is 0 Å². The van der Waals surface area contributed by atoms with Crippen LogP contribution in [0.5, 0.6) is 0 Å². The molecule has 0 aromatic carbocycles. The zero-order valence-corrected chi connectivity index (χ0v) is 11.1. The van der Waals surface area contributed by atoms with Crippen molar-refractivity contribution in [2.45, 2.75) is 30.6 Å². The second-order valence-electron chi connectivity index (χ2n) is 5.39. The van der Waals surface area contributed by atoms with E-state index in [0.29, 0.717) is 19.6 Å². The van der Waals surface area contributed by atoms with Crippen LogP contribution in [0.4, 0.5) is 4.79 Å². The van der Waals surface area contributed by atoms with Gasteiger partial charge in [-0.15, -0.1) is 0 Å². The summed E-state index contributed by atoms with van der Waals surface area (Å²) in [7, 11) is 0. The van der Waals surface area contributed by atoms with E-state index >= 15 is 0 Å². The number of amides is 1. The van der Waals surface area contributed by atoms with Crippen molar-refractivity contribution in [3.8, 4) is 6.07 Å². The van der Waals surface area contributed by atoms with Gasteiger partial charge >= 0.3 is 6.09 Å². The highest BCUT2D eigenvalue weighted by molar-refractivity contribution is 5.72. The lowest BCUT2D eigenvalue weighted by atomic mass is 10.1. The molecule has 0 radical (unpaired) electrons. The van der Waals surface area contributed by atoms with Crippen molar-refractivity contribution in [3.05, 3.63) is 12.3 Å². The van der Waals surface area contributed by atoms with Gasteiger partial charge in [0.2, 0.25) is 0 Å². The van der Waals surface area contributed by atoms with Gasteiger partial charge in [0.05, 0.1) is 12.1 Å². The van der Waals surface area contributed by atoms with Gasteiger partial charge in [-0.05, 0) is 18.9 Å². The molecule has 2 unspecified atom stereocenters. The summed E-state index contributed by atoms with van der Waals surface area (Å²) in [6, 6.07) is 2.28. The number of nitrogens with one attached hydrogen (secondary N) is 1. The van der Waals surface area contributed by atoms with Crippen LogP contribution in [0.3, 0.4) is 0 Å². The number of allylic oxidation sites excluding steroid dienone is 1. The number of rotatable bonds is 2. The molecule has 2 fully saturated rings. The Balaban J connectivity index is 1.77. The predicted molar refractivity (Wildman–Crippen MR) is 72.2 cm³/mol. The lowest BCUT2D eigenvalue weighted by Crippen LogP contribution is -2.61. The average molecular weight is 275 g/mol. The molecule has 0 aromatic rings. The minimum Gasteiger partial charge on any atom is -0.465 e. The van der Waals surface area contributed by atoms with Gasteiger partial charge in [0.15, 0.2) is 0 Å². The summed E-state index contributed by atoms with van der Waals surface area (Å²) in [6.45, 7) is 1.49. The molecule has 1 aliphatic carbocycles. The number of hydrogen-bond donors (Lipinski definition) is 2. The van der Waals surface area contributed by atoms with Crippen LogP contribution < -0.4 is 5.32 Å². The molecule has 3 aliphatic rings. The highest BCUT2D eigenvalue weighted by atomic mass is 16.4. The number of nitriles is 1. The number of piperazine rings is 1. The Morgan fingerprint density at radius 3 is 3.00 bits per heavy atom. The first kappa shape index (κ1) is 12.9. The Bertz CT molecular complexity index is 505. The fourth-order valence-electron chi connectivity index (χ4n) is 2.82. The zero-order valence-electron chi connectivity index (χ0n) is 11.1. The summed E-state index contributed by atoms with van der Waals surface area (Å²) in [5.41, 5.74) is -0.452. The Morgan fingerprint density at radius 1 is 1.55 bits per heavy atom. The maximum absolute atomic E-state index is 11.1. The van der Waals surface area contributed by atoms with E-state index in [1.807, 2.05) is 17.2 Å². The van der Waals surface area contributed by atoms with E-state index in [4.69, 9.17) is 5.11 Å². The molecule has 2 aliphatic heterocycles. The second-order valence-corrected chi connectivity index (χ2v) is 5.39. The summed E-state index contributed by atoms with van der Waals surface area (Å²) in [4.78, 5) is 19.0. The molecule has 1 amide bonds. The van der Waals surface area contributed by atoms with Crippen molar-refractivity contribution < 1.29 is 9.90 Å². The van der Waals surface area contributed by atoms with Crippen LogP contribution in [0.25, 0.3) is 0 Å². The minimum absolute atomic E-state index is 0.0909. The van der Waals surface area contributed by atoms with Gasteiger partial charge in [-0.2, -0.15) is 5.26 Å². The predicted octanol–water partition coefficient (Wildman–Crippen LogP) is 0.221. The first-order valence-corrected chi connectivity index (χ1v) is 6.77. The third-order valence-corrected chi connectivity index (χ3v) is 4.12. The zero-order chi connectivity index (χ0) is 14.2. The molecule has 2 N–H and O–H groups in total. The second kappa shape index (κ2) is 4.80. The SMILES string of the molecule is N#CC1(N2C=CC=NC2C2CN(C(=O)O)CCN2)CC1. The number of carboxylic acid groups (broad SMARTS) is 1. The smallest absolute Gasteiger partial charge is 0.407 e. The molecule has 0 bridgehead atoms. The van der Waals surface area contributed by atoms with Crippen molar-refractivity contribution >= 4 is 12.3 Å². The average Bonchev–Trinajstić information content (AvgIpc) is 3.28. The Kier molecular flexibility index (Phi) is 3.10. The maximum Gasteiger partial charge on any atom is 0.407 e. The highest BCUT2D eigenvalue weighted by Gasteiger charge is 2.52. The largest absolute Gasteiger partial charge is 0.465 e. The van der Waals surface area contributed by atoms with Crippen LogP contribution in [0, 0.1) is 11.3 Å². The number of aliphatic imine (C=N–C) groups is 1. The van der Waals surface area contributed by atoms with Crippen molar-refractivity contribution in [2.75, 3.05) is 19.6 Å².